The van der Waals surface area contributed by atoms with E-state index in [0.717, 1.165) is 45.0 Å². The van der Waals surface area contributed by atoms with E-state index in [4.69, 9.17) is 11.6 Å². The van der Waals surface area contributed by atoms with Crippen molar-refractivity contribution in [3.8, 4) is 0 Å². The van der Waals surface area contributed by atoms with Gasteiger partial charge >= 0.3 is 0 Å². The predicted molar refractivity (Wildman–Crippen MR) is 84.1 cm³/mol. The lowest BCUT2D eigenvalue weighted by atomic mass is 10.1. The molecule has 6 nitrogen and oxygen atoms in total. The van der Waals surface area contributed by atoms with E-state index >= 15 is 0 Å². The Balaban J connectivity index is 1.71. The van der Waals surface area contributed by atoms with Crippen LogP contribution in [0, 0.1) is 0 Å². The zero-order valence-corrected chi connectivity index (χ0v) is 12.7. The molecule has 0 spiro atoms. The quantitative estimate of drug-likeness (QED) is 0.804. The van der Waals surface area contributed by atoms with Gasteiger partial charge in [-0.3, -0.25) is 9.69 Å². The van der Waals surface area contributed by atoms with Gasteiger partial charge in [0.15, 0.2) is 0 Å². The molecule has 0 saturated carbocycles. The molecular formula is C14H20ClN5O. The molecule has 2 saturated heterocycles. The number of rotatable bonds is 4. The van der Waals surface area contributed by atoms with Gasteiger partial charge in [0, 0.05) is 45.3 Å². The Morgan fingerprint density at radius 1 is 1.38 bits per heavy atom. The third kappa shape index (κ3) is 2.84. The van der Waals surface area contributed by atoms with E-state index in [9.17, 15) is 4.79 Å². The van der Waals surface area contributed by atoms with Crippen LogP contribution < -0.4 is 15.8 Å². The molecule has 3 rings (SSSR count). The molecule has 2 fully saturated rings. The zero-order valence-electron chi connectivity index (χ0n) is 12.0. The molecule has 3 heterocycles. The highest BCUT2D eigenvalue weighted by Crippen LogP contribution is 2.23. The highest BCUT2D eigenvalue weighted by Gasteiger charge is 2.28. The lowest BCUT2D eigenvalue weighted by Crippen LogP contribution is -2.61. The number of halogens is 1. The smallest absolute Gasteiger partial charge is 0.287 e. The highest BCUT2D eigenvalue weighted by molar-refractivity contribution is 6.33. The number of allylic oxidation sites excluding steroid dienone is 1. The molecule has 21 heavy (non-hydrogen) atoms. The third-order valence-corrected chi connectivity index (χ3v) is 4.56. The summed E-state index contributed by atoms with van der Waals surface area (Å²) < 4.78 is 1.33. The predicted octanol–water partition coefficient (Wildman–Crippen LogP) is 0.177. The summed E-state index contributed by atoms with van der Waals surface area (Å²) in [4.78, 5) is 16.8. The average Bonchev–Trinajstić information content (AvgIpc) is 2.44. The van der Waals surface area contributed by atoms with Crippen LogP contribution in [0.1, 0.15) is 0 Å². The van der Waals surface area contributed by atoms with Gasteiger partial charge in [-0.05, 0) is 0 Å². The summed E-state index contributed by atoms with van der Waals surface area (Å²) in [7, 11) is 0. The van der Waals surface area contributed by atoms with Crippen molar-refractivity contribution >= 4 is 17.3 Å². The van der Waals surface area contributed by atoms with Crippen LogP contribution in [0.2, 0.25) is 5.02 Å². The van der Waals surface area contributed by atoms with E-state index in [2.05, 4.69) is 26.8 Å². The summed E-state index contributed by atoms with van der Waals surface area (Å²) in [6.07, 6.45) is 3.32. The number of aromatic nitrogens is 2. The Morgan fingerprint density at radius 3 is 2.67 bits per heavy atom. The van der Waals surface area contributed by atoms with Crippen molar-refractivity contribution in [3.05, 3.63) is 34.2 Å². The molecule has 0 bridgehead atoms. The summed E-state index contributed by atoms with van der Waals surface area (Å²) in [5, 5.41) is 7.72. The molecular weight excluding hydrogens is 290 g/mol. The molecule has 1 N–H and O–H groups in total. The molecule has 2 aliphatic heterocycles. The van der Waals surface area contributed by atoms with E-state index in [1.165, 1.54) is 4.68 Å². The summed E-state index contributed by atoms with van der Waals surface area (Å²) in [6, 6.07) is 0.668. The second-order valence-electron chi connectivity index (χ2n) is 5.45. The van der Waals surface area contributed by atoms with E-state index in [-0.39, 0.29) is 10.6 Å². The minimum atomic E-state index is -0.250. The number of hydrogen-bond acceptors (Lipinski definition) is 5. The van der Waals surface area contributed by atoms with Crippen molar-refractivity contribution in [1.82, 2.24) is 20.0 Å². The Labute approximate surface area is 129 Å². The number of piperazine rings is 1. The van der Waals surface area contributed by atoms with Crippen molar-refractivity contribution in [2.45, 2.75) is 12.6 Å². The lowest BCUT2D eigenvalue weighted by molar-refractivity contribution is 0.138. The average molecular weight is 310 g/mol. The van der Waals surface area contributed by atoms with Crippen LogP contribution in [0.4, 0.5) is 5.69 Å². The minimum Gasteiger partial charge on any atom is -0.366 e. The van der Waals surface area contributed by atoms with Gasteiger partial charge in [0.1, 0.15) is 5.02 Å². The van der Waals surface area contributed by atoms with Crippen LogP contribution in [0.15, 0.2) is 23.6 Å². The number of nitrogens with zero attached hydrogens (tertiary/aromatic N) is 4. The molecule has 1 aromatic rings. The van der Waals surface area contributed by atoms with Gasteiger partial charge in [0.05, 0.1) is 18.4 Å². The maximum Gasteiger partial charge on any atom is 0.287 e. The fourth-order valence-corrected chi connectivity index (χ4v) is 3.05. The number of anilines is 1. The summed E-state index contributed by atoms with van der Waals surface area (Å²) in [6.45, 7) is 9.91. The van der Waals surface area contributed by atoms with Crippen LogP contribution in [0.5, 0.6) is 0 Å². The maximum absolute atomic E-state index is 12.1. The van der Waals surface area contributed by atoms with Crippen LogP contribution in [-0.4, -0.2) is 60.0 Å². The standard InChI is InChI=1S/C14H20ClN5O/c1-2-3-20-14(21)13(15)12(10-17-20)19-6-4-18(5-7-19)11-8-16-9-11/h2,10-11,16H,1,3-9H2. The molecule has 0 aromatic carbocycles. The van der Waals surface area contributed by atoms with Crippen molar-refractivity contribution in [1.29, 1.82) is 0 Å². The van der Waals surface area contributed by atoms with E-state index in [0.29, 0.717) is 12.6 Å². The molecule has 0 radical (unpaired) electrons. The fraction of sp³-hybridized carbons (Fsp3) is 0.571. The normalized spacial score (nSPS) is 20.3. The van der Waals surface area contributed by atoms with Gasteiger partial charge in [-0.25, -0.2) is 4.68 Å². The second-order valence-corrected chi connectivity index (χ2v) is 5.83. The lowest BCUT2D eigenvalue weighted by Gasteiger charge is -2.43. The molecule has 0 atom stereocenters. The van der Waals surface area contributed by atoms with Gasteiger partial charge < -0.3 is 10.2 Å². The van der Waals surface area contributed by atoms with Gasteiger partial charge in [-0.15, -0.1) is 6.58 Å². The van der Waals surface area contributed by atoms with Crippen LogP contribution in [0.3, 0.4) is 0 Å². The Hall–Kier alpha value is -1.37. The molecule has 114 valence electrons. The monoisotopic (exact) mass is 309 g/mol. The summed E-state index contributed by atoms with van der Waals surface area (Å²) in [5.74, 6) is 0. The Morgan fingerprint density at radius 2 is 2.10 bits per heavy atom. The van der Waals surface area contributed by atoms with Crippen molar-refractivity contribution in [3.63, 3.8) is 0 Å². The number of hydrogen-bond donors (Lipinski definition) is 1. The molecule has 0 unspecified atom stereocenters. The molecule has 0 amide bonds. The largest absolute Gasteiger partial charge is 0.366 e. The van der Waals surface area contributed by atoms with Crippen molar-refractivity contribution in [2.24, 2.45) is 0 Å². The molecule has 7 heteroatoms. The van der Waals surface area contributed by atoms with Gasteiger partial charge in [-0.2, -0.15) is 5.10 Å². The first kappa shape index (κ1) is 14.6. The first-order valence-electron chi connectivity index (χ1n) is 7.27. The van der Waals surface area contributed by atoms with Gasteiger partial charge in [0.25, 0.3) is 5.56 Å². The minimum absolute atomic E-state index is 0.250. The number of nitrogens with one attached hydrogen (secondary N) is 1. The van der Waals surface area contributed by atoms with Crippen LogP contribution in [-0.2, 0) is 6.54 Å². The van der Waals surface area contributed by atoms with Crippen LogP contribution in [0.25, 0.3) is 0 Å². The molecule has 2 aliphatic rings. The first-order chi connectivity index (χ1) is 10.2. The highest BCUT2D eigenvalue weighted by atomic mass is 35.5. The van der Waals surface area contributed by atoms with E-state index < -0.39 is 0 Å². The SMILES string of the molecule is C=CCn1ncc(N2CCN(C3CNC3)CC2)c(Cl)c1=O. The van der Waals surface area contributed by atoms with E-state index in [1.807, 2.05) is 0 Å². The second kappa shape index (κ2) is 6.17. The van der Waals surface area contributed by atoms with Gasteiger partial charge in [-0.1, -0.05) is 17.7 Å². The summed E-state index contributed by atoms with van der Waals surface area (Å²) >= 11 is 6.23. The molecule has 1 aromatic heterocycles. The Kier molecular flexibility index (Phi) is 4.28. The van der Waals surface area contributed by atoms with Gasteiger partial charge in [0.2, 0.25) is 0 Å². The van der Waals surface area contributed by atoms with Crippen molar-refractivity contribution in [2.75, 3.05) is 44.2 Å². The fourth-order valence-electron chi connectivity index (χ4n) is 2.79. The summed E-state index contributed by atoms with van der Waals surface area (Å²) in [5.41, 5.74) is 0.494. The third-order valence-electron chi connectivity index (χ3n) is 4.20. The van der Waals surface area contributed by atoms with E-state index in [1.54, 1.807) is 12.3 Å². The van der Waals surface area contributed by atoms with Crippen molar-refractivity contribution < 1.29 is 0 Å². The first-order valence-corrected chi connectivity index (χ1v) is 7.64. The zero-order chi connectivity index (χ0) is 14.8. The Bertz CT molecular complexity index is 575. The molecule has 0 aliphatic carbocycles. The topological polar surface area (TPSA) is 53.4 Å². The maximum atomic E-state index is 12.1. The van der Waals surface area contributed by atoms with Crippen LogP contribution >= 0.6 is 11.6 Å².